The third-order valence-electron chi connectivity index (χ3n) is 2.73. The number of fused-ring (bicyclic) bond motifs is 1. The van der Waals surface area contributed by atoms with Crippen molar-refractivity contribution in [1.29, 1.82) is 5.26 Å². The van der Waals surface area contributed by atoms with Gasteiger partial charge in [-0.3, -0.25) is 0 Å². The summed E-state index contributed by atoms with van der Waals surface area (Å²) in [4.78, 5) is 0. The quantitative estimate of drug-likeness (QED) is 0.851. The van der Waals surface area contributed by atoms with Gasteiger partial charge in [0, 0.05) is 28.8 Å². The average Bonchev–Trinajstić information content (AvgIpc) is 2.42. The van der Waals surface area contributed by atoms with Crippen LogP contribution in [0.1, 0.15) is 5.56 Å². The van der Waals surface area contributed by atoms with Gasteiger partial charge in [-0.1, -0.05) is 24.3 Å². The summed E-state index contributed by atoms with van der Waals surface area (Å²) >= 11 is -0.0490. The third-order valence-corrected chi connectivity index (χ3v) is 3.46. The lowest BCUT2D eigenvalue weighted by Crippen LogP contribution is -2.09. The molecule has 6 heteroatoms. The first-order valence-corrected chi connectivity index (χ1v) is 6.86. The molecule has 1 N–H and O–H groups in total. The Morgan fingerprint density at radius 2 is 1.80 bits per heavy atom. The number of nitriles is 1. The molecule has 0 saturated heterocycles. The molecule has 0 radical (unpaired) electrons. The van der Waals surface area contributed by atoms with Gasteiger partial charge in [-0.25, -0.2) is 0 Å². The van der Waals surface area contributed by atoms with Crippen molar-refractivity contribution in [3.8, 4) is 6.07 Å². The van der Waals surface area contributed by atoms with Crippen LogP contribution in [-0.4, -0.2) is 17.8 Å². The zero-order valence-corrected chi connectivity index (χ0v) is 11.2. The number of rotatable bonds is 4. The highest BCUT2D eigenvalue weighted by Gasteiger charge is 2.27. The molecule has 0 amide bonds. The number of anilines is 1. The Bertz CT molecular complexity index is 647. The standard InChI is InChI=1S/C14H11F3N2S/c15-14(16,17)20-8-7-19-13-6-5-10(9-18)11-3-1-2-4-12(11)13/h1-6,19H,7-8H2. The second-order valence-corrected chi connectivity index (χ2v) is 5.20. The number of hydrogen-bond donors (Lipinski definition) is 1. The minimum atomic E-state index is -4.20. The predicted molar refractivity (Wildman–Crippen MR) is 75.7 cm³/mol. The fourth-order valence-electron chi connectivity index (χ4n) is 1.90. The monoisotopic (exact) mass is 296 g/mol. The number of thioether (sulfide) groups is 1. The van der Waals surface area contributed by atoms with E-state index in [0.717, 1.165) is 16.5 Å². The number of halogens is 3. The molecule has 0 fully saturated rings. The summed E-state index contributed by atoms with van der Waals surface area (Å²) in [7, 11) is 0. The van der Waals surface area contributed by atoms with E-state index in [1.165, 1.54) is 0 Å². The van der Waals surface area contributed by atoms with E-state index in [1.54, 1.807) is 12.1 Å². The molecule has 0 unspecified atom stereocenters. The lowest BCUT2D eigenvalue weighted by atomic mass is 10.0. The topological polar surface area (TPSA) is 35.8 Å². The number of hydrogen-bond acceptors (Lipinski definition) is 3. The second kappa shape index (κ2) is 6.06. The Hall–Kier alpha value is -1.87. The molecule has 0 saturated carbocycles. The Labute approximate surface area is 118 Å². The van der Waals surface area contributed by atoms with Crippen molar-refractivity contribution in [3.05, 3.63) is 42.0 Å². The first-order chi connectivity index (χ1) is 9.51. The minimum Gasteiger partial charge on any atom is -0.384 e. The highest BCUT2D eigenvalue weighted by atomic mass is 32.2. The van der Waals surface area contributed by atoms with Crippen LogP contribution >= 0.6 is 11.8 Å². The van der Waals surface area contributed by atoms with E-state index in [0.29, 0.717) is 5.56 Å². The molecule has 104 valence electrons. The molecule has 0 bridgehead atoms. The molecule has 2 rings (SSSR count). The van der Waals surface area contributed by atoms with Crippen molar-refractivity contribution in [3.63, 3.8) is 0 Å². The van der Waals surface area contributed by atoms with Gasteiger partial charge in [-0.15, -0.1) is 0 Å². The van der Waals surface area contributed by atoms with E-state index < -0.39 is 5.51 Å². The van der Waals surface area contributed by atoms with Crippen molar-refractivity contribution in [2.24, 2.45) is 0 Å². The molecule has 2 nitrogen and oxygen atoms in total. The highest BCUT2D eigenvalue weighted by Crippen LogP contribution is 2.30. The predicted octanol–water partition coefficient (Wildman–Crippen LogP) is 4.38. The molecule has 0 aromatic heterocycles. The lowest BCUT2D eigenvalue weighted by molar-refractivity contribution is -0.0327. The van der Waals surface area contributed by atoms with Crippen LogP contribution < -0.4 is 5.32 Å². The smallest absolute Gasteiger partial charge is 0.384 e. The van der Waals surface area contributed by atoms with E-state index in [2.05, 4.69) is 11.4 Å². The molecular formula is C14H11F3N2S. The maximum Gasteiger partial charge on any atom is 0.441 e. The Balaban J connectivity index is 2.14. The second-order valence-electron chi connectivity index (χ2n) is 4.04. The molecular weight excluding hydrogens is 285 g/mol. The molecule has 0 heterocycles. The summed E-state index contributed by atoms with van der Waals surface area (Å²) < 4.78 is 36.1. The van der Waals surface area contributed by atoms with Crippen LogP contribution in [-0.2, 0) is 0 Å². The fourth-order valence-corrected chi connectivity index (χ4v) is 2.34. The van der Waals surface area contributed by atoms with E-state index >= 15 is 0 Å². The van der Waals surface area contributed by atoms with Crippen LogP contribution in [0, 0.1) is 11.3 Å². The minimum absolute atomic E-state index is 0.0490. The summed E-state index contributed by atoms with van der Waals surface area (Å²) in [5, 5.41) is 13.6. The summed E-state index contributed by atoms with van der Waals surface area (Å²) in [5.74, 6) is -0.0577. The lowest BCUT2D eigenvalue weighted by Gasteiger charge is -2.11. The van der Waals surface area contributed by atoms with Gasteiger partial charge in [-0.2, -0.15) is 18.4 Å². The maximum absolute atomic E-state index is 12.0. The van der Waals surface area contributed by atoms with Gasteiger partial charge in [-0.05, 0) is 23.9 Å². The molecule has 2 aromatic rings. The summed E-state index contributed by atoms with van der Waals surface area (Å²) in [5.41, 5.74) is -2.91. The molecule has 0 aliphatic rings. The molecule has 20 heavy (non-hydrogen) atoms. The van der Waals surface area contributed by atoms with Crippen LogP contribution in [0.3, 0.4) is 0 Å². The van der Waals surface area contributed by atoms with Gasteiger partial charge in [0.05, 0.1) is 11.6 Å². The number of nitrogens with zero attached hydrogens (tertiary/aromatic N) is 1. The zero-order chi connectivity index (χ0) is 14.6. The Kier molecular flexibility index (Phi) is 4.40. The van der Waals surface area contributed by atoms with Gasteiger partial charge in [0.1, 0.15) is 0 Å². The van der Waals surface area contributed by atoms with Gasteiger partial charge in [0.25, 0.3) is 0 Å². The first-order valence-electron chi connectivity index (χ1n) is 5.87. The Morgan fingerprint density at radius 3 is 2.45 bits per heavy atom. The van der Waals surface area contributed by atoms with Crippen LogP contribution in [0.2, 0.25) is 0 Å². The SMILES string of the molecule is N#Cc1ccc(NCCSC(F)(F)F)c2ccccc12. The molecule has 2 aromatic carbocycles. The first kappa shape index (κ1) is 14.5. The van der Waals surface area contributed by atoms with Crippen LogP contribution in [0.15, 0.2) is 36.4 Å². The maximum atomic E-state index is 12.0. The van der Waals surface area contributed by atoms with Crippen LogP contribution in [0.5, 0.6) is 0 Å². The third kappa shape index (κ3) is 3.58. The van der Waals surface area contributed by atoms with E-state index in [1.807, 2.05) is 24.3 Å². The summed E-state index contributed by atoms with van der Waals surface area (Å²) in [6.45, 7) is 0.208. The Morgan fingerprint density at radius 1 is 1.10 bits per heavy atom. The van der Waals surface area contributed by atoms with Crippen LogP contribution in [0.4, 0.5) is 18.9 Å². The van der Waals surface area contributed by atoms with Gasteiger partial charge in [0.2, 0.25) is 0 Å². The van der Waals surface area contributed by atoms with Crippen LogP contribution in [0.25, 0.3) is 10.8 Å². The van der Waals surface area contributed by atoms with Gasteiger partial charge in [0.15, 0.2) is 0 Å². The van der Waals surface area contributed by atoms with E-state index in [4.69, 9.17) is 5.26 Å². The van der Waals surface area contributed by atoms with Gasteiger partial charge >= 0.3 is 5.51 Å². The van der Waals surface area contributed by atoms with E-state index in [-0.39, 0.29) is 24.1 Å². The number of alkyl halides is 3. The molecule has 0 atom stereocenters. The molecule has 0 aliphatic carbocycles. The number of benzene rings is 2. The summed E-state index contributed by atoms with van der Waals surface area (Å²) in [6.07, 6.45) is 0. The molecule has 0 spiro atoms. The van der Waals surface area contributed by atoms with Crippen molar-refractivity contribution in [2.45, 2.75) is 5.51 Å². The van der Waals surface area contributed by atoms with Crippen molar-refractivity contribution < 1.29 is 13.2 Å². The van der Waals surface area contributed by atoms with Crippen molar-refractivity contribution >= 4 is 28.2 Å². The van der Waals surface area contributed by atoms with E-state index in [9.17, 15) is 13.2 Å². The normalized spacial score (nSPS) is 11.3. The average molecular weight is 296 g/mol. The van der Waals surface area contributed by atoms with Gasteiger partial charge < -0.3 is 5.32 Å². The largest absolute Gasteiger partial charge is 0.441 e. The number of nitrogens with one attached hydrogen (secondary N) is 1. The van der Waals surface area contributed by atoms with Crippen molar-refractivity contribution in [1.82, 2.24) is 0 Å². The molecule has 0 aliphatic heterocycles. The fraction of sp³-hybridized carbons (Fsp3) is 0.214. The summed E-state index contributed by atoms with van der Waals surface area (Å²) in [6, 6.07) is 12.8. The highest BCUT2D eigenvalue weighted by molar-refractivity contribution is 8.00. The zero-order valence-electron chi connectivity index (χ0n) is 10.4. The van der Waals surface area contributed by atoms with Crippen molar-refractivity contribution in [2.75, 3.05) is 17.6 Å².